The van der Waals surface area contributed by atoms with Gasteiger partial charge in [-0.3, -0.25) is 0 Å². The predicted molar refractivity (Wildman–Crippen MR) is 49.8 cm³/mol. The minimum Gasteiger partial charge on any atom is -0.398 e. The standard InChI is InChI=1S/C8H9NOS/c9-7-2-1-3-8-6(7)4-5-11(8)10/h1-5,10-11H,9H2. The van der Waals surface area contributed by atoms with Crippen molar-refractivity contribution in [2.45, 2.75) is 4.90 Å². The van der Waals surface area contributed by atoms with Gasteiger partial charge < -0.3 is 10.3 Å². The van der Waals surface area contributed by atoms with Crippen molar-refractivity contribution < 1.29 is 4.55 Å². The number of benzene rings is 1. The lowest BCUT2D eigenvalue weighted by atomic mass is 10.2. The average molecular weight is 167 g/mol. The zero-order chi connectivity index (χ0) is 7.84. The molecule has 0 saturated carbocycles. The van der Waals surface area contributed by atoms with Gasteiger partial charge >= 0.3 is 0 Å². The van der Waals surface area contributed by atoms with Gasteiger partial charge in [0.25, 0.3) is 0 Å². The van der Waals surface area contributed by atoms with Gasteiger partial charge in [0.15, 0.2) is 0 Å². The molecule has 58 valence electrons. The molecule has 1 aliphatic rings. The molecule has 1 heterocycles. The van der Waals surface area contributed by atoms with Crippen LogP contribution >= 0.6 is 11.2 Å². The second-order valence-corrected chi connectivity index (χ2v) is 3.91. The van der Waals surface area contributed by atoms with E-state index in [4.69, 9.17) is 5.73 Å². The third-order valence-electron chi connectivity index (χ3n) is 1.75. The van der Waals surface area contributed by atoms with E-state index in [2.05, 4.69) is 0 Å². The lowest BCUT2D eigenvalue weighted by Gasteiger charge is -2.07. The lowest BCUT2D eigenvalue weighted by molar-refractivity contribution is 0.655. The highest BCUT2D eigenvalue weighted by Crippen LogP contribution is 2.44. The quantitative estimate of drug-likeness (QED) is 0.409. The van der Waals surface area contributed by atoms with Crippen molar-refractivity contribution in [1.29, 1.82) is 0 Å². The molecule has 1 unspecified atom stereocenters. The van der Waals surface area contributed by atoms with Crippen LogP contribution < -0.4 is 5.73 Å². The van der Waals surface area contributed by atoms with E-state index in [1.165, 1.54) is 0 Å². The second-order valence-electron chi connectivity index (χ2n) is 2.44. The Morgan fingerprint density at radius 3 is 2.91 bits per heavy atom. The Morgan fingerprint density at radius 2 is 2.18 bits per heavy atom. The fourth-order valence-corrected chi connectivity index (χ4v) is 2.32. The van der Waals surface area contributed by atoms with Gasteiger partial charge in [-0.05, 0) is 23.6 Å². The molecule has 1 aliphatic heterocycles. The number of rotatable bonds is 0. The zero-order valence-electron chi connectivity index (χ0n) is 5.86. The van der Waals surface area contributed by atoms with Gasteiger partial charge in [0.05, 0.1) is 0 Å². The van der Waals surface area contributed by atoms with Crippen LogP contribution in [0, 0.1) is 0 Å². The van der Waals surface area contributed by atoms with Crippen molar-refractivity contribution in [3.8, 4) is 0 Å². The molecular formula is C8H9NOS. The van der Waals surface area contributed by atoms with E-state index in [-0.39, 0.29) is 0 Å². The first-order valence-corrected chi connectivity index (χ1v) is 4.70. The van der Waals surface area contributed by atoms with Crippen LogP contribution in [0.3, 0.4) is 0 Å². The van der Waals surface area contributed by atoms with Gasteiger partial charge in [0, 0.05) is 16.1 Å². The van der Waals surface area contributed by atoms with Crippen LogP contribution in [0.4, 0.5) is 5.69 Å². The van der Waals surface area contributed by atoms with Crippen molar-refractivity contribution in [3.05, 3.63) is 29.2 Å². The van der Waals surface area contributed by atoms with Crippen molar-refractivity contribution in [3.63, 3.8) is 0 Å². The molecule has 1 atom stereocenters. The number of fused-ring (bicyclic) bond motifs is 1. The number of nitrogens with two attached hydrogens (primary N) is 1. The lowest BCUT2D eigenvalue weighted by Crippen LogP contribution is -1.89. The van der Waals surface area contributed by atoms with Crippen molar-refractivity contribution in [2.24, 2.45) is 0 Å². The molecule has 0 amide bonds. The fourth-order valence-electron chi connectivity index (χ4n) is 1.18. The molecule has 3 N–H and O–H groups in total. The van der Waals surface area contributed by atoms with Gasteiger partial charge in [-0.1, -0.05) is 6.07 Å². The molecule has 2 nitrogen and oxygen atoms in total. The van der Waals surface area contributed by atoms with Crippen molar-refractivity contribution in [2.75, 3.05) is 5.73 Å². The monoisotopic (exact) mass is 167 g/mol. The highest BCUT2D eigenvalue weighted by molar-refractivity contribution is 8.15. The van der Waals surface area contributed by atoms with Crippen molar-refractivity contribution in [1.82, 2.24) is 0 Å². The topological polar surface area (TPSA) is 46.2 Å². The fraction of sp³-hybridized carbons (Fsp3) is 0. The van der Waals surface area contributed by atoms with E-state index in [9.17, 15) is 4.55 Å². The number of anilines is 1. The third-order valence-corrected chi connectivity index (χ3v) is 3.06. The summed E-state index contributed by atoms with van der Waals surface area (Å²) in [5, 5.41) is 1.80. The molecule has 11 heavy (non-hydrogen) atoms. The summed E-state index contributed by atoms with van der Waals surface area (Å²) in [4.78, 5) is 0.972. The number of hydrogen-bond donors (Lipinski definition) is 3. The largest absolute Gasteiger partial charge is 0.398 e. The Kier molecular flexibility index (Phi) is 1.41. The van der Waals surface area contributed by atoms with Gasteiger partial charge in [-0.2, -0.15) is 0 Å². The Hall–Kier alpha value is -0.930. The number of thiol groups is 1. The SMILES string of the molecule is Nc1cccc2c1C=C[SH]2O. The average Bonchev–Trinajstić information content (AvgIpc) is 2.35. The Bertz CT molecular complexity index is 322. The number of hydrogen-bond acceptors (Lipinski definition) is 2. The van der Waals surface area contributed by atoms with Gasteiger partial charge in [-0.15, -0.1) is 11.2 Å². The summed E-state index contributed by atoms with van der Waals surface area (Å²) in [5.74, 6) is 0. The first-order valence-electron chi connectivity index (χ1n) is 3.34. The molecular weight excluding hydrogens is 158 g/mol. The molecule has 1 aromatic carbocycles. The van der Waals surface area contributed by atoms with E-state index in [1.54, 1.807) is 5.41 Å². The zero-order valence-corrected chi connectivity index (χ0v) is 6.75. The maximum Gasteiger partial charge on any atom is 0.0399 e. The summed E-state index contributed by atoms with van der Waals surface area (Å²) >= 11 is -1.06. The van der Waals surface area contributed by atoms with E-state index in [0.717, 1.165) is 16.1 Å². The molecule has 0 radical (unpaired) electrons. The van der Waals surface area contributed by atoms with Crippen LogP contribution in [0.1, 0.15) is 5.56 Å². The van der Waals surface area contributed by atoms with Gasteiger partial charge in [0.1, 0.15) is 0 Å². The van der Waals surface area contributed by atoms with E-state index < -0.39 is 11.2 Å². The van der Waals surface area contributed by atoms with Crippen LogP contribution in [-0.2, 0) is 0 Å². The maximum absolute atomic E-state index is 9.43. The van der Waals surface area contributed by atoms with Crippen LogP contribution in [0.2, 0.25) is 0 Å². The van der Waals surface area contributed by atoms with Gasteiger partial charge in [0.2, 0.25) is 0 Å². The Balaban J connectivity index is 2.65. The summed E-state index contributed by atoms with van der Waals surface area (Å²) in [6.45, 7) is 0. The second kappa shape index (κ2) is 2.29. The molecule has 0 bridgehead atoms. The molecule has 2 rings (SSSR count). The highest BCUT2D eigenvalue weighted by Gasteiger charge is 2.12. The van der Waals surface area contributed by atoms with E-state index in [1.807, 2.05) is 24.3 Å². The minimum absolute atomic E-state index is 0.748. The van der Waals surface area contributed by atoms with Crippen LogP contribution in [0.15, 0.2) is 28.5 Å². The summed E-state index contributed by atoms with van der Waals surface area (Å²) in [5.41, 5.74) is 7.42. The molecule has 1 aromatic rings. The highest BCUT2D eigenvalue weighted by atomic mass is 32.2. The van der Waals surface area contributed by atoms with E-state index in [0.29, 0.717) is 0 Å². The summed E-state index contributed by atoms with van der Waals surface area (Å²) in [6.07, 6.45) is 1.89. The maximum atomic E-state index is 9.43. The van der Waals surface area contributed by atoms with Crippen LogP contribution in [-0.4, -0.2) is 4.55 Å². The normalized spacial score (nSPS) is 23.5. The summed E-state index contributed by atoms with van der Waals surface area (Å²) in [7, 11) is 0. The molecule has 0 aliphatic carbocycles. The molecule has 0 saturated heterocycles. The number of nitrogen functional groups attached to an aromatic ring is 1. The molecule has 3 heteroatoms. The molecule has 0 fully saturated rings. The predicted octanol–water partition coefficient (Wildman–Crippen LogP) is 2.09. The first-order chi connectivity index (χ1) is 5.29. The van der Waals surface area contributed by atoms with Crippen molar-refractivity contribution >= 4 is 22.9 Å². The summed E-state index contributed by atoms with van der Waals surface area (Å²) in [6, 6.07) is 5.63. The minimum atomic E-state index is -1.06. The Labute approximate surface area is 67.9 Å². The van der Waals surface area contributed by atoms with Gasteiger partial charge in [-0.25, -0.2) is 0 Å². The Morgan fingerprint density at radius 1 is 1.36 bits per heavy atom. The molecule has 0 spiro atoms. The first kappa shape index (κ1) is 6.76. The molecule has 0 aromatic heterocycles. The van der Waals surface area contributed by atoms with Crippen LogP contribution in [0.5, 0.6) is 0 Å². The van der Waals surface area contributed by atoms with E-state index >= 15 is 0 Å². The van der Waals surface area contributed by atoms with Crippen LogP contribution in [0.25, 0.3) is 6.08 Å². The summed E-state index contributed by atoms with van der Waals surface area (Å²) < 4.78 is 9.43. The third kappa shape index (κ3) is 0.931. The smallest absolute Gasteiger partial charge is 0.0399 e.